The number of amides is 2. The van der Waals surface area contributed by atoms with Gasteiger partial charge >= 0.3 is 0 Å². The van der Waals surface area contributed by atoms with E-state index in [0.29, 0.717) is 31.2 Å². The van der Waals surface area contributed by atoms with Crippen molar-refractivity contribution in [2.24, 2.45) is 0 Å². The van der Waals surface area contributed by atoms with Crippen LogP contribution in [-0.2, 0) is 9.59 Å². The molecule has 1 aromatic carbocycles. The Morgan fingerprint density at radius 1 is 1.25 bits per heavy atom. The number of piperazine rings is 1. The number of thioether (sulfide) groups is 1. The first-order valence-electron chi connectivity index (χ1n) is 6.50. The van der Waals surface area contributed by atoms with E-state index in [0.717, 1.165) is 11.3 Å². The number of carbonyl (C=O) groups excluding carboxylic acids is 2. The molecule has 1 fully saturated rings. The fraction of sp³-hybridized carbons (Fsp3) is 0.429. The number of hydrogen-bond acceptors (Lipinski definition) is 3. The van der Waals surface area contributed by atoms with Crippen LogP contribution in [-0.4, -0.2) is 53.5 Å². The van der Waals surface area contributed by atoms with Crippen LogP contribution in [0, 0.1) is 0 Å². The zero-order valence-corrected chi connectivity index (χ0v) is 12.9. The topological polar surface area (TPSA) is 40.6 Å². The zero-order valence-electron chi connectivity index (χ0n) is 11.3. The molecular weight excluding hydrogens is 296 g/mol. The Balaban J connectivity index is 1.89. The van der Waals surface area contributed by atoms with Crippen molar-refractivity contribution in [3.63, 3.8) is 0 Å². The van der Waals surface area contributed by atoms with Crippen molar-refractivity contribution in [1.29, 1.82) is 0 Å². The Morgan fingerprint density at radius 2 is 1.85 bits per heavy atom. The van der Waals surface area contributed by atoms with Crippen molar-refractivity contribution < 1.29 is 9.59 Å². The average Bonchev–Trinajstić information content (AvgIpc) is 2.49. The largest absolute Gasteiger partial charge is 0.342 e. The highest BCUT2D eigenvalue weighted by atomic mass is 35.5. The molecule has 0 aromatic heterocycles. The lowest BCUT2D eigenvalue weighted by Gasteiger charge is -2.33. The van der Waals surface area contributed by atoms with Gasteiger partial charge in [0.1, 0.15) is 0 Å². The van der Waals surface area contributed by atoms with Crippen molar-refractivity contribution in [3.8, 4) is 0 Å². The fourth-order valence-electron chi connectivity index (χ4n) is 2.07. The molecule has 6 heteroatoms. The molecule has 108 valence electrons. The van der Waals surface area contributed by atoms with Crippen molar-refractivity contribution in [3.05, 3.63) is 29.3 Å². The third kappa shape index (κ3) is 3.90. The first kappa shape index (κ1) is 15.2. The number of carbonyl (C=O) groups is 2. The first-order chi connectivity index (χ1) is 9.60. The molecule has 2 rings (SSSR count). The van der Waals surface area contributed by atoms with E-state index in [1.807, 2.05) is 36.1 Å². The van der Waals surface area contributed by atoms with Crippen LogP contribution in [0.4, 0.5) is 0 Å². The molecule has 0 saturated carbocycles. The summed E-state index contributed by atoms with van der Waals surface area (Å²) >= 11 is 7.37. The molecular formula is C14H17ClN2O2S. The lowest BCUT2D eigenvalue weighted by Crippen LogP contribution is -2.50. The van der Waals surface area contributed by atoms with Crippen LogP contribution in [0.1, 0.15) is 6.92 Å². The van der Waals surface area contributed by atoms with Crippen LogP contribution in [0.3, 0.4) is 0 Å². The molecule has 1 heterocycles. The Kier molecular flexibility index (Phi) is 5.31. The van der Waals surface area contributed by atoms with Gasteiger partial charge in [0.25, 0.3) is 0 Å². The Morgan fingerprint density at radius 3 is 2.40 bits per heavy atom. The van der Waals surface area contributed by atoms with Crippen LogP contribution < -0.4 is 0 Å². The SMILES string of the molecule is C[C@H](Sc1ccc(Cl)cc1)C(=O)N1CCN(C=O)CC1. The van der Waals surface area contributed by atoms with E-state index >= 15 is 0 Å². The van der Waals surface area contributed by atoms with Crippen molar-refractivity contribution in [1.82, 2.24) is 9.80 Å². The van der Waals surface area contributed by atoms with Crippen molar-refractivity contribution in [2.75, 3.05) is 26.2 Å². The summed E-state index contributed by atoms with van der Waals surface area (Å²) < 4.78 is 0. The van der Waals surface area contributed by atoms with E-state index in [-0.39, 0.29) is 11.2 Å². The monoisotopic (exact) mass is 312 g/mol. The highest BCUT2D eigenvalue weighted by Gasteiger charge is 2.24. The van der Waals surface area contributed by atoms with Gasteiger partial charge in [-0.25, -0.2) is 0 Å². The summed E-state index contributed by atoms with van der Waals surface area (Å²) in [5.41, 5.74) is 0. The van der Waals surface area contributed by atoms with Gasteiger partial charge in [0.2, 0.25) is 12.3 Å². The van der Waals surface area contributed by atoms with E-state index in [1.165, 1.54) is 11.8 Å². The lowest BCUT2D eigenvalue weighted by molar-refractivity contribution is -0.134. The minimum Gasteiger partial charge on any atom is -0.342 e. The summed E-state index contributed by atoms with van der Waals surface area (Å²) in [5, 5.41) is 0.553. The quantitative estimate of drug-likeness (QED) is 0.631. The number of halogens is 1. The molecule has 1 aliphatic heterocycles. The summed E-state index contributed by atoms with van der Waals surface area (Å²) in [6.45, 7) is 4.38. The maximum absolute atomic E-state index is 12.3. The maximum Gasteiger partial charge on any atom is 0.235 e. The minimum absolute atomic E-state index is 0.121. The Bertz CT molecular complexity index is 473. The maximum atomic E-state index is 12.3. The third-order valence-corrected chi connectivity index (χ3v) is 4.60. The molecule has 0 N–H and O–H groups in total. The summed E-state index contributed by atoms with van der Waals surface area (Å²) in [6.07, 6.45) is 0.841. The summed E-state index contributed by atoms with van der Waals surface area (Å²) in [4.78, 5) is 27.5. The summed E-state index contributed by atoms with van der Waals surface area (Å²) in [7, 11) is 0. The van der Waals surface area contributed by atoms with Crippen LogP contribution >= 0.6 is 23.4 Å². The number of nitrogens with zero attached hydrogens (tertiary/aromatic N) is 2. The van der Waals surface area contributed by atoms with Gasteiger partial charge in [-0.1, -0.05) is 11.6 Å². The van der Waals surface area contributed by atoms with E-state index in [2.05, 4.69) is 0 Å². The van der Waals surface area contributed by atoms with Crippen molar-refractivity contribution in [2.45, 2.75) is 17.1 Å². The Hall–Kier alpha value is -1.20. The molecule has 0 bridgehead atoms. The van der Waals surface area contributed by atoms with Gasteiger partial charge in [0.05, 0.1) is 5.25 Å². The fourth-order valence-corrected chi connectivity index (χ4v) is 3.15. The first-order valence-corrected chi connectivity index (χ1v) is 7.76. The second-order valence-electron chi connectivity index (χ2n) is 4.68. The van der Waals surface area contributed by atoms with E-state index in [4.69, 9.17) is 11.6 Å². The summed E-state index contributed by atoms with van der Waals surface area (Å²) in [5.74, 6) is 0.121. The highest BCUT2D eigenvalue weighted by Crippen LogP contribution is 2.26. The highest BCUT2D eigenvalue weighted by molar-refractivity contribution is 8.00. The van der Waals surface area contributed by atoms with Gasteiger partial charge in [0, 0.05) is 36.1 Å². The molecule has 1 aliphatic rings. The predicted octanol–water partition coefficient (Wildman–Crippen LogP) is 2.12. The smallest absolute Gasteiger partial charge is 0.235 e. The van der Waals surface area contributed by atoms with E-state index in [9.17, 15) is 9.59 Å². The normalized spacial score (nSPS) is 16.9. The second kappa shape index (κ2) is 6.99. The third-order valence-electron chi connectivity index (χ3n) is 3.25. The molecule has 4 nitrogen and oxygen atoms in total. The molecule has 2 amide bonds. The number of hydrogen-bond donors (Lipinski definition) is 0. The molecule has 0 unspecified atom stereocenters. The van der Waals surface area contributed by atoms with Gasteiger partial charge in [-0.3, -0.25) is 9.59 Å². The number of rotatable bonds is 4. The zero-order chi connectivity index (χ0) is 14.5. The molecule has 20 heavy (non-hydrogen) atoms. The predicted molar refractivity (Wildman–Crippen MR) is 81.0 cm³/mol. The Labute approximate surface area is 128 Å². The van der Waals surface area contributed by atoms with E-state index < -0.39 is 0 Å². The second-order valence-corrected chi connectivity index (χ2v) is 6.53. The van der Waals surface area contributed by atoms with Gasteiger partial charge in [-0.05, 0) is 31.2 Å². The molecule has 0 spiro atoms. The lowest BCUT2D eigenvalue weighted by atomic mass is 10.3. The molecule has 0 radical (unpaired) electrons. The van der Waals surface area contributed by atoms with Crippen molar-refractivity contribution >= 4 is 35.7 Å². The van der Waals surface area contributed by atoms with E-state index in [1.54, 1.807) is 4.90 Å². The average molecular weight is 313 g/mol. The van der Waals surface area contributed by atoms with Crippen LogP contribution in [0.5, 0.6) is 0 Å². The standard InChI is InChI=1S/C14H17ClN2O2S/c1-11(20-13-4-2-12(15)3-5-13)14(19)17-8-6-16(10-18)7-9-17/h2-5,10-11H,6-9H2,1H3/t11-/m0/s1. The van der Waals surface area contributed by atoms with Gasteiger partial charge in [-0.15, -0.1) is 11.8 Å². The molecule has 0 aliphatic carbocycles. The van der Waals surface area contributed by atoms with Gasteiger partial charge in [0.15, 0.2) is 0 Å². The van der Waals surface area contributed by atoms with Crippen LogP contribution in [0.25, 0.3) is 0 Å². The molecule has 1 atom stereocenters. The number of benzene rings is 1. The van der Waals surface area contributed by atoms with Crippen LogP contribution in [0.15, 0.2) is 29.2 Å². The molecule has 1 saturated heterocycles. The van der Waals surface area contributed by atoms with Gasteiger partial charge in [-0.2, -0.15) is 0 Å². The van der Waals surface area contributed by atoms with Crippen LogP contribution in [0.2, 0.25) is 5.02 Å². The summed E-state index contributed by atoms with van der Waals surface area (Å²) in [6, 6.07) is 7.48. The van der Waals surface area contributed by atoms with Gasteiger partial charge < -0.3 is 9.80 Å². The minimum atomic E-state index is -0.140. The molecule has 1 aromatic rings.